The Kier molecular flexibility index (Phi) is 26.5. The van der Waals surface area contributed by atoms with E-state index in [1.807, 2.05) is 49.4 Å². The summed E-state index contributed by atoms with van der Waals surface area (Å²) < 4.78 is 77.4. The van der Waals surface area contributed by atoms with Crippen molar-refractivity contribution >= 4 is 57.8 Å². The molecule has 8 aliphatic carbocycles. The average Bonchev–Trinajstić information content (AvgIpc) is 0.733. The molecule has 12 nitrogen and oxygen atoms in total. The molecule has 4 atom stereocenters. The number of aliphatic hydroxyl groups is 1. The highest BCUT2D eigenvalue weighted by Crippen LogP contribution is 2.64. The van der Waals surface area contributed by atoms with E-state index in [1.165, 1.54) is 34.9 Å². The van der Waals surface area contributed by atoms with E-state index in [2.05, 4.69) is 220 Å². The molecule has 97 heavy (non-hydrogen) atoms. The third-order valence-corrected chi connectivity index (χ3v) is 23.7. The van der Waals surface area contributed by atoms with Crippen LogP contribution in [-0.4, -0.2) is 52.0 Å². The Bertz CT molecular complexity index is 3340. The van der Waals surface area contributed by atoms with E-state index in [0.717, 1.165) is 75.5 Å². The van der Waals surface area contributed by atoms with Crippen LogP contribution in [0.5, 0.6) is 5.75 Å². The van der Waals surface area contributed by atoms with Crippen molar-refractivity contribution < 1.29 is 75.7 Å². The molecule has 8 fully saturated rings. The van der Waals surface area contributed by atoms with Gasteiger partial charge in [-0.15, -0.1) is 0 Å². The fourth-order valence-electron chi connectivity index (χ4n) is 15.6. The Hall–Kier alpha value is -6.66. The van der Waals surface area contributed by atoms with E-state index >= 15 is 0 Å². The number of benzene rings is 8. The van der Waals surface area contributed by atoms with Gasteiger partial charge in [-0.3, -0.25) is 10.1 Å². The van der Waals surface area contributed by atoms with Gasteiger partial charge in [0.2, 0.25) is 0 Å². The number of hydrogen-bond acceptors (Lipinski definition) is 14. The first-order valence-electron chi connectivity index (χ1n) is 32.0. The fourth-order valence-corrected chi connectivity index (χ4v) is 20.2. The first-order chi connectivity index (χ1) is 46.3. The number of ether oxygens (including phenoxy) is 3. The zero-order valence-electron chi connectivity index (χ0n) is 53.3. The Labute approximate surface area is 580 Å². The molecular weight excluding hydrogens is 1320 g/mol. The minimum Gasteiger partial charge on any atom is -0.691 e. The molecule has 4 unspecified atom stereocenters. The third-order valence-electron chi connectivity index (χ3n) is 18.3. The summed E-state index contributed by atoms with van der Waals surface area (Å²) in [5.74, 6) is -1.07. The molecular formula is C77H82F4O12S4. The number of halogens is 4. The Morgan fingerprint density at radius 1 is 0.443 bits per heavy atom. The van der Waals surface area contributed by atoms with Gasteiger partial charge in [0.05, 0.1) is 40.6 Å². The van der Waals surface area contributed by atoms with Crippen LogP contribution in [0.1, 0.15) is 95.6 Å². The molecule has 0 saturated heterocycles. The monoisotopic (exact) mass is 1400 g/mol. The van der Waals surface area contributed by atoms with E-state index in [4.69, 9.17) is 14.2 Å². The number of aryl methyl sites for hydroxylation is 2. The van der Waals surface area contributed by atoms with Crippen molar-refractivity contribution in [3.05, 3.63) is 248 Å². The van der Waals surface area contributed by atoms with Gasteiger partial charge in [-0.05, 0) is 199 Å². The van der Waals surface area contributed by atoms with Gasteiger partial charge in [0.15, 0.2) is 29.4 Å². The van der Waals surface area contributed by atoms with Crippen LogP contribution >= 0.6 is 24.1 Å². The lowest BCUT2D eigenvalue weighted by atomic mass is 9.48. The van der Waals surface area contributed by atoms with Crippen LogP contribution in [0.2, 0.25) is 0 Å². The highest BCUT2D eigenvalue weighted by atomic mass is 32.2. The predicted octanol–water partition coefficient (Wildman–Crippen LogP) is 17.2. The fraction of sp³-hybridized carbons (Fsp3) is 0.351. The zero-order valence-corrected chi connectivity index (χ0v) is 56.6. The molecule has 0 aromatic heterocycles. The Morgan fingerprint density at radius 2 is 0.732 bits per heavy atom. The van der Waals surface area contributed by atoms with Crippen LogP contribution in [0.3, 0.4) is 0 Å². The van der Waals surface area contributed by atoms with Crippen molar-refractivity contribution in [1.82, 2.24) is 0 Å². The summed E-state index contributed by atoms with van der Waals surface area (Å²) in [6.07, 6.45) is 9.96. The molecule has 0 heterocycles. The third kappa shape index (κ3) is 20.5. The molecule has 8 saturated carbocycles. The lowest BCUT2D eigenvalue weighted by Crippen LogP contribution is -2.59. The normalized spacial score (nSPS) is 23.7. The predicted molar refractivity (Wildman–Crippen MR) is 366 cm³/mol. The molecule has 514 valence electrons. The van der Waals surface area contributed by atoms with Gasteiger partial charge in [0.1, 0.15) is 35.4 Å². The smallest absolute Gasteiger partial charge is 0.415 e. The van der Waals surface area contributed by atoms with Crippen molar-refractivity contribution in [1.29, 1.82) is 0 Å². The van der Waals surface area contributed by atoms with Crippen LogP contribution in [0.25, 0.3) is 0 Å². The number of carbonyl (C=O) groups excluding carboxylic acids is 2. The van der Waals surface area contributed by atoms with Crippen LogP contribution in [0.4, 0.5) is 17.6 Å². The number of alkyl halides is 4. The van der Waals surface area contributed by atoms with Crippen molar-refractivity contribution in [2.75, 3.05) is 13.2 Å². The summed E-state index contributed by atoms with van der Waals surface area (Å²) in [5.41, 5.74) is 0.612. The second-order valence-electron chi connectivity index (χ2n) is 26.0. The summed E-state index contributed by atoms with van der Waals surface area (Å²) in [4.78, 5) is 31.4. The van der Waals surface area contributed by atoms with Gasteiger partial charge >= 0.3 is 22.4 Å². The van der Waals surface area contributed by atoms with E-state index in [1.54, 1.807) is 0 Å². The molecule has 0 spiro atoms. The molecule has 0 radical (unpaired) electrons. The second kappa shape index (κ2) is 34.4. The van der Waals surface area contributed by atoms with E-state index < -0.39 is 57.5 Å². The molecule has 20 heteroatoms. The van der Waals surface area contributed by atoms with E-state index in [-0.39, 0.29) is 53.4 Å². The quantitative estimate of drug-likeness (QED) is 0.0191. The number of carbonyl (C=O) groups is 2. The average molecular weight is 1400 g/mol. The molecule has 8 bridgehead atoms. The van der Waals surface area contributed by atoms with Crippen molar-refractivity contribution in [3.63, 3.8) is 0 Å². The number of esters is 2. The topological polar surface area (TPSA) is 165 Å². The Morgan fingerprint density at radius 3 is 1.02 bits per heavy atom. The lowest BCUT2D eigenvalue weighted by Gasteiger charge is -2.61. The van der Waals surface area contributed by atoms with Crippen molar-refractivity contribution in [3.8, 4) is 5.75 Å². The van der Waals surface area contributed by atoms with Gasteiger partial charge in [-0.1, -0.05) is 170 Å². The maximum Gasteiger partial charge on any atom is 0.415 e. The van der Waals surface area contributed by atoms with Gasteiger partial charge in [0, 0.05) is 10.8 Å². The van der Waals surface area contributed by atoms with Crippen LogP contribution in [0.15, 0.2) is 266 Å². The minimum absolute atomic E-state index is 0. The van der Waals surface area contributed by atoms with Crippen LogP contribution in [0, 0.1) is 48.3 Å². The molecule has 0 aliphatic heterocycles. The Balaban J connectivity index is 0.000000148. The summed E-state index contributed by atoms with van der Waals surface area (Å²) in [5, 5.41) is 27.5. The highest BCUT2D eigenvalue weighted by molar-refractivity contribution is 7.97. The lowest BCUT2D eigenvalue weighted by molar-refractivity contribution is -0.777. The van der Waals surface area contributed by atoms with Gasteiger partial charge in [-0.2, -0.15) is 26.2 Å². The van der Waals surface area contributed by atoms with Gasteiger partial charge < -0.3 is 29.8 Å². The first-order valence-corrected chi connectivity index (χ1v) is 35.9. The van der Waals surface area contributed by atoms with E-state index in [0.29, 0.717) is 36.5 Å². The van der Waals surface area contributed by atoms with Crippen molar-refractivity contribution in [2.24, 2.45) is 34.5 Å². The highest BCUT2D eigenvalue weighted by Gasteiger charge is 2.61. The zero-order chi connectivity index (χ0) is 67.7. The summed E-state index contributed by atoms with van der Waals surface area (Å²) in [6, 6.07) is 82.5. The van der Waals surface area contributed by atoms with E-state index in [9.17, 15) is 42.8 Å². The number of rotatable bonds is 20. The maximum atomic E-state index is 13.7. The van der Waals surface area contributed by atoms with Crippen LogP contribution < -0.4 is 15.3 Å². The SMILES string of the molecule is C.Cc1ccc(OC23CC4CC(CC(COC(=O)C(F)(F)SOO[O-])(C4)C2)C3)cc1.Cc1ccccc1.O=C(OCC12CC3CC(CC(O)(C3)C1)C2)C(F)(F)SOO[O-].c1ccc([S+](c2ccccc2)c2ccccc2)cc1.c1ccc([S+](c2ccccc2)c2ccccc2)cc1. The van der Waals surface area contributed by atoms with Gasteiger partial charge in [0.25, 0.3) is 0 Å². The summed E-state index contributed by atoms with van der Waals surface area (Å²) >= 11 is -1.35. The summed E-state index contributed by atoms with van der Waals surface area (Å²) in [7, 11) is -0.0293. The van der Waals surface area contributed by atoms with Crippen LogP contribution in [-0.2, 0) is 59.6 Å². The second-order valence-corrected chi connectivity index (χ2v) is 31.7. The molecule has 8 aliphatic rings. The molecule has 8 aromatic rings. The molecule has 8 aromatic carbocycles. The minimum atomic E-state index is -4.01. The first kappa shape index (κ1) is 74.6. The summed E-state index contributed by atoms with van der Waals surface area (Å²) in [6.45, 7) is 3.86. The number of hydrogen-bond donors (Lipinski definition) is 1. The standard InChI is InChI=1S/C20H24F2O6S.2C18H15S.C13H18F2O6S.C7H8.CH4/c1-13-2-4-16(5-3-13)26-19-9-14-6-15(10-19)8-18(7-14,11-19)12-25-17(23)20(21,22)29-28-27-24;2*1-4-10-16(11-5-1)19(17-12-6-2-7-13-17)18-14-8-3-9-15-18;14-13(15,22-21-20-18)10(16)19-7-11-2-8-1-9(3-11)5-12(17,4-8)6-11;1-7-5-3-2-4-6-7;/h2-5,14-15,24H,6-12H2,1H3;2*1-15H;8-9,17-18H,1-7H2;2-6H,1H3;1H4/q;2*+1;;;/p-2. The molecule has 0 amide bonds. The van der Waals surface area contributed by atoms with Gasteiger partial charge in [-0.25, -0.2) is 9.59 Å². The molecule has 1 N–H and O–H groups in total. The van der Waals surface area contributed by atoms with Crippen molar-refractivity contribution in [2.45, 2.75) is 149 Å². The molecule has 16 rings (SSSR count). The maximum absolute atomic E-state index is 13.7. The largest absolute Gasteiger partial charge is 0.691 e.